The highest BCUT2D eigenvalue weighted by Gasteiger charge is 2.42. The van der Waals surface area contributed by atoms with Crippen molar-refractivity contribution in [3.63, 3.8) is 0 Å². The van der Waals surface area contributed by atoms with E-state index in [1.54, 1.807) is 84.9 Å². The number of morpholine rings is 1. The number of esters is 1. The van der Waals surface area contributed by atoms with Gasteiger partial charge in [-0.1, -0.05) is 48.5 Å². The van der Waals surface area contributed by atoms with E-state index in [0.29, 0.717) is 84.3 Å². The quantitative estimate of drug-likeness (QED) is 0.0790. The van der Waals surface area contributed by atoms with Crippen molar-refractivity contribution in [3.05, 3.63) is 178 Å². The highest BCUT2D eigenvalue weighted by atomic mass is 31.2. The van der Waals surface area contributed by atoms with Gasteiger partial charge in [0.1, 0.15) is 23.1 Å². The normalized spacial score (nSPS) is 15.1. The van der Waals surface area contributed by atoms with E-state index in [0.717, 1.165) is 16.6 Å². The summed E-state index contributed by atoms with van der Waals surface area (Å²) in [7, 11) is -3.70. The third-order valence-electron chi connectivity index (χ3n) is 8.85. The summed E-state index contributed by atoms with van der Waals surface area (Å²) in [5, 5.41) is 19.8. The van der Waals surface area contributed by atoms with Gasteiger partial charge in [-0.05, 0) is 97.8 Å². The molecule has 1 saturated heterocycles. The van der Waals surface area contributed by atoms with E-state index in [-0.39, 0.29) is 0 Å². The summed E-state index contributed by atoms with van der Waals surface area (Å²) in [6.45, 7) is 1.98. The topological polar surface area (TPSA) is 117 Å². The number of nitriles is 2. The maximum absolute atomic E-state index is 14.3. The van der Waals surface area contributed by atoms with E-state index in [2.05, 4.69) is 17.0 Å². The Morgan fingerprint density at radius 2 is 1.24 bits per heavy atom. The first-order valence-corrected chi connectivity index (χ1v) is 18.9. The predicted octanol–water partition coefficient (Wildman–Crippen LogP) is 10.00. The van der Waals surface area contributed by atoms with Crippen molar-refractivity contribution in [1.82, 2.24) is 4.90 Å². The lowest BCUT2D eigenvalue weighted by Crippen LogP contribution is -2.36. The second-order valence-corrected chi connectivity index (χ2v) is 14.5. The minimum atomic E-state index is -3.70. The standard InChI is InChI=1S/C43H34FN4O5P/c44-35-15-17-36(18-16-35)47-54(52-37-19-11-31(29-45)12-20-37,53-38-21-13-32(30-46)14-22-38)40-24-23-39(41(40)48-25-27-50-28-26-48)42(33-7-3-1-4-8-33)51-43(49)34-9-5-2-6-10-34/h1-22H,23-28H2/b42-39-. The Kier molecular flexibility index (Phi) is 11.0. The van der Waals surface area contributed by atoms with Crippen molar-refractivity contribution in [2.24, 2.45) is 4.74 Å². The third-order valence-corrected chi connectivity index (χ3v) is 11.4. The molecule has 54 heavy (non-hydrogen) atoms. The third kappa shape index (κ3) is 8.11. The van der Waals surface area contributed by atoms with Gasteiger partial charge in [-0.15, -0.1) is 0 Å². The van der Waals surface area contributed by atoms with Gasteiger partial charge in [0, 0.05) is 24.2 Å². The molecule has 5 aromatic rings. The zero-order valence-corrected chi connectivity index (χ0v) is 30.0. The van der Waals surface area contributed by atoms with E-state index in [1.165, 1.54) is 12.1 Å². The lowest BCUT2D eigenvalue weighted by Gasteiger charge is -2.34. The van der Waals surface area contributed by atoms with Crippen LogP contribution < -0.4 is 9.05 Å². The van der Waals surface area contributed by atoms with Crippen molar-refractivity contribution >= 4 is 24.9 Å². The lowest BCUT2D eigenvalue weighted by molar-refractivity contribution is 0.0544. The fourth-order valence-corrected chi connectivity index (χ4v) is 8.93. The van der Waals surface area contributed by atoms with Crippen LogP contribution in [0.3, 0.4) is 0 Å². The summed E-state index contributed by atoms with van der Waals surface area (Å²) in [5.74, 6) is 0.263. The molecule has 0 amide bonds. The number of benzene rings is 5. The Labute approximate surface area is 313 Å². The summed E-state index contributed by atoms with van der Waals surface area (Å²) < 4.78 is 45.6. The maximum atomic E-state index is 14.3. The largest absolute Gasteiger partial charge is 0.427 e. The zero-order chi connectivity index (χ0) is 37.3. The molecule has 0 bridgehead atoms. The molecule has 0 radical (unpaired) electrons. The van der Waals surface area contributed by atoms with Crippen molar-refractivity contribution in [2.45, 2.75) is 12.8 Å². The molecule has 268 valence electrons. The number of carbonyl (C=O) groups is 1. The molecule has 1 aliphatic heterocycles. The van der Waals surface area contributed by atoms with Gasteiger partial charge in [0.05, 0.1) is 58.7 Å². The first kappa shape index (κ1) is 35.9. The number of carbonyl (C=O) groups excluding carboxylic acids is 1. The summed E-state index contributed by atoms with van der Waals surface area (Å²) >= 11 is 0. The number of hydrogen-bond donors (Lipinski definition) is 0. The van der Waals surface area contributed by atoms with Crippen LogP contribution in [0.2, 0.25) is 0 Å². The van der Waals surface area contributed by atoms with Crippen molar-refractivity contribution in [1.29, 1.82) is 10.5 Å². The highest BCUT2D eigenvalue weighted by molar-refractivity contribution is 7.62. The molecule has 1 fully saturated rings. The van der Waals surface area contributed by atoms with Crippen molar-refractivity contribution in [3.8, 4) is 23.6 Å². The van der Waals surface area contributed by atoms with Crippen molar-refractivity contribution < 1.29 is 27.7 Å². The second kappa shape index (κ2) is 16.5. The average Bonchev–Trinajstić information content (AvgIpc) is 3.68. The summed E-state index contributed by atoms with van der Waals surface area (Å²) in [4.78, 5) is 16.0. The molecule has 9 nitrogen and oxygen atoms in total. The summed E-state index contributed by atoms with van der Waals surface area (Å²) in [6.07, 6.45) is 0.856. The predicted molar refractivity (Wildman–Crippen MR) is 203 cm³/mol. The molecule has 1 aliphatic carbocycles. The van der Waals surface area contributed by atoms with Gasteiger partial charge in [-0.25, -0.2) is 9.18 Å². The Hall–Kier alpha value is -6.45. The number of hydrogen-bond acceptors (Lipinski definition) is 9. The molecule has 0 saturated carbocycles. The van der Waals surface area contributed by atoms with Crippen LogP contribution in [0.5, 0.6) is 11.5 Å². The van der Waals surface area contributed by atoms with E-state index in [9.17, 15) is 19.7 Å². The Balaban J connectivity index is 1.52. The van der Waals surface area contributed by atoms with E-state index in [4.69, 9.17) is 23.3 Å². The number of ether oxygens (including phenoxy) is 2. The SMILES string of the molecule is N#Cc1ccc(OP(=Nc2ccc(F)cc2)(Oc2ccc(C#N)cc2)C2=C(N3CCOCC3)/C(=C(\OC(=O)c3ccccc3)c3ccccc3)CC2)cc1. The highest BCUT2D eigenvalue weighted by Crippen LogP contribution is 2.66. The molecule has 0 atom stereocenters. The molecule has 0 aromatic heterocycles. The summed E-state index contributed by atoms with van der Waals surface area (Å²) in [6, 6.07) is 41.7. The zero-order valence-electron chi connectivity index (χ0n) is 29.1. The molecule has 2 aliphatic rings. The Morgan fingerprint density at radius 1 is 0.704 bits per heavy atom. The van der Waals surface area contributed by atoms with Crippen molar-refractivity contribution in [2.75, 3.05) is 26.3 Å². The first-order valence-electron chi connectivity index (χ1n) is 17.3. The van der Waals surface area contributed by atoms with Gasteiger partial charge in [-0.2, -0.15) is 15.3 Å². The monoisotopic (exact) mass is 736 g/mol. The molecule has 1 heterocycles. The van der Waals surface area contributed by atoms with Crippen LogP contribution in [0.15, 0.2) is 155 Å². The number of allylic oxidation sites excluding steroid dienone is 2. The van der Waals surface area contributed by atoms with Gasteiger partial charge in [0.25, 0.3) is 0 Å². The minimum absolute atomic E-state index is 0.395. The Bertz CT molecular complexity index is 2260. The Morgan fingerprint density at radius 3 is 1.78 bits per heavy atom. The maximum Gasteiger partial charge on any atom is 0.349 e. The first-order chi connectivity index (χ1) is 26.4. The van der Waals surface area contributed by atoms with E-state index < -0.39 is 19.3 Å². The van der Waals surface area contributed by atoms with Gasteiger partial charge < -0.3 is 23.4 Å². The number of halogens is 1. The smallest absolute Gasteiger partial charge is 0.349 e. The summed E-state index contributed by atoms with van der Waals surface area (Å²) in [5.41, 5.74) is 3.96. The van der Waals surface area contributed by atoms with Crippen LogP contribution in [0.4, 0.5) is 10.1 Å². The molecule has 0 unspecified atom stereocenters. The molecule has 0 N–H and O–H groups in total. The van der Waals surface area contributed by atoms with Gasteiger partial charge in [-0.3, -0.25) is 0 Å². The van der Waals surface area contributed by atoms with Crippen LogP contribution in [0.1, 0.15) is 39.9 Å². The van der Waals surface area contributed by atoms with Gasteiger partial charge in [0.15, 0.2) is 0 Å². The minimum Gasteiger partial charge on any atom is -0.427 e. The van der Waals surface area contributed by atoms with Gasteiger partial charge in [0.2, 0.25) is 0 Å². The average molecular weight is 737 g/mol. The van der Waals surface area contributed by atoms with Gasteiger partial charge >= 0.3 is 13.5 Å². The molecule has 5 aromatic carbocycles. The lowest BCUT2D eigenvalue weighted by atomic mass is 10.0. The number of rotatable bonds is 10. The second-order valence-electron chi connectivity index (χ2n) is 12.4. The molecule has 11 heteroatoms. The molecule has 7 rings (SSSR count). The molecular weight excluding hydrogens is 702 g/mol. The van der Waals surface area contributed by atoms with Crippen LogP contribution in [0.25, 0.3) is 5.76 Å². The molecular formula is C43H34FN4O5P. The van der Waals surface area contributed by atoms with Crippen LogP contribution >= 0.6 is 7.51 Å². The van der Waals surface area contributed by atoms with Crippen LogP contribution in [-0.2, 0) is 9.47 Å². The fourth-order valence-electron chi connectivity index (χ4n) is 6.28. The van der Waals surface area contributed by atoms with Crippen LogP contribution in [0, 0.1) is 28.5 Å². The van der Waals surface area contributed by atoms with E-state index in [1.807, 2.05) is 36.4 Å². The van der Waals surface area contributed by atoms with E-state index >= 15 is 0 Å². The fraction of sp³-hybridized carbons (Fsp3) is 0.140. The van der Waals surface area contributed by atoms with Crippen LogP contribution in [-0.4, -0.2) is 37.2 Å². The number of nitrogens with zero attached hydrogens (tertiary/aromatic N) is 4. The molecule has 0 spiro atoms.